The molecule has 0 bridgehead atoms. The zero-order chi connectivity index (χ0) is 27.6. The number of rotatable bonds is 8. The number of sulfonamides is 1. The van der Waals surface area contributed by atoms with E-state index in [0.717, 1.165) is 29.5 Å². The fourth-order valence-corrected chi connectivity index (χ4v) is 7.90. The highest BCUT2D eigenvalue weighted by atomic mass is 32.2. The van der Waals surface area contributed by atoms with Gasteiger partial charge in [-0.1, -0.05) is 42.5 Å². The van der Waals surface area contributed by atoms with E-state index in [1.165, 1.54) is 6.07 Å². The molecule has 0 saturated carbocycles. The number of aliphatic hydroxyl groups excluding tert-OH is 1. The highest BCUT2D eigenvalue weighted by Gasteiger charge is 2.47. The predicted molar refractivity (Wildman–Crippen MR) is 150 cm³/mol. The Morgan fingerprint density at radius 1 is 1.15 bits per heavy atom. The van der Waals surface area contributed by atoms with E-state index in [2.05, 4.69) is 9.30 Å². The topological polar surface area (TPSA) is 101 Å². The molecule has 2 atom stereocenters. The monoisotopic (exact) mass is 573 g/mol. The predicted octanol–water partition coefficient (Wildman–Crippen LogP) is 4.92. The van der Waals surface area contributed by atoms with Crippen LogP contribution < -0.4 is 4.90 Å². The fraction of sp³-hybridized carbons (Fsp3) is 0.429. The van der Waals surface area contributed by atoms with Crippen molar-refractivity contribution in [1.82, 2.24) is 4.98 Å². The van der Waals surface area contributed by atoms with Crippen LogP contribution in [0.4, 0.5) is 9.52 Å². The zero-order valence-electron chi connectivity index (χ0n) is 21.9. The summed E-state index contributed by atoms with van der Waals surface area (Å²) in [6, 6.07) is 13.6. The van der Waals surface area contributed by atoms with Crippen molar-refractivity contribution in [3.8, 4) is 11.3 Å². The SMILES string of the molecule is CC1(C)OC(C[C@@H](CCO)c2ccccc2F)=NS(=O)(=O)C1c1ccc(-c2csc(N3CCOCC3)n2)cc1. The number of thiazole rings is 1. The minimum absolute atomic E-state index is 0.0210. The molecule has 11 heteroatoms. The molecule has 2 aliphatic heterocycles. The lowest BCUT2D eigenvalue weighted by Gasteiger charge is -2.38. The molecule has 0 radical (unpaired) electrons. The van der Waals surface area contributed by atoms with Crippen molar-refractivity contribution in [3.63, 3.8) is 0 Å². The van der Waals surface area contributed by atoms with Crippen molar-refractivity contribution in [2.75, 3.05) is 37.8 Å². The number of hydrogen-bond acceptors (Lipinski definition) is 8. The smallest absolute Gasteiger partial charge is 0.267 e. The summed E-state index contributed by atoms with van der Waals surface area (Å²) in [4.78, 5) is 6.97. The molecular weight excluding hydrogens is 541 g/mol. The highest BCUT2D eigenvalue weighted by Crippen LogP contribution is 2.42. The summed E-state index contributed by atoms with van der Waals surface area (Å²) in [6.07, 6.45) is 0.309. The van der Waals surface area contributed by atoms with E-state index < -0.39 is 32.6 Å². The molecule has 39 heavy (non-hydrogen) atoms. The first-order valence-electron chi connectivity index (χ1n) is 12.9. The number of nitrogens with zero attached hydrogens (tertiary/aromatic N) is 3. The molecule has 2 aromatic carbocycles. The van der Waals surface area contributed by atoms with E-state index in [1.54, 1.807) is 55.5 Å². The van der Waals surface area contributed by atoms with Crippen molar-refractivity contribution >= 4 is 32.4 Å². The van der Waals surface area contributed by atoms with Crippen molar-refractivity contribution < 1.29 is 27.4 Å². The van der Waals surface area contributed by atoms with Crippen LogP contribution in [-0.4, -0.2) is 62.9 Å². The van der Waals surface area contributed by atoms with Gasteiger partial charge in [0.05, 0.1) is 18.9 Å². The molecule has 1 aromatic heterocycles. The molecule has 208 valence electrons. The molecule has 2 aliphatic rings. The number of hydrogen-bond donors (Lipinski definition) is 1. The van der Waals surface area contributed by atoms with E-state index in [0.29, 0.717) is 24.3 Å². The first kappa shape index (κ1) is 27.7. The molecule has 0 spiro atoms. The maximum Gasteiger partial charge on any atom is 0.267 e. The van der Waals surface area contributed by atoms with Gasteiger partial charge in [-0.25, -0.2) is 17.8 Å². The Balaban J connectivity index is 1.37. The number of anilines is 1. The lowest BCUT2D eigenvalue weighted by Crippen LogP contribution is -2.43. The Morgan fingerprint density at radius 3 is 2.54 bits per heavy atom. The van der Waals surface area contributed by atoms with Crippen molar-refractivity contribution in [2.45, 2.75) is 43.5 Å². The molecular formula is C28H32FN3O5S2. The van der Waals surface area contributed by atoms with Crippen LogP contribution in [-0.2, 0) is 19.5 Å². The summed E-state index contributed by atoms with van der Waals surface area (Å²) in [5, 5.41) is 11.5. The number of morpholine rings is 1. The average molecular weight is 574 g/mol. The number of halogens is 1. The van der Waals surface area contributed by atoms with Crippen LogP contribution >= 0.6 is 11.3 Å². The largest absolute Gasteiger partial charge is 0.472 e. The zero-order valence-corrected chi connectivity index (χ0v) is 23.5. The molecule has 5 rings (SSSR count). The highest BCUT2D eigenvalue weighted by molar-refractivity contribution is 7.90. The lowest BCUT2D eigenvalue weighted by molar-refractivity contribution is 0.0797. The summed E-state index contributed by atoms with van der Waals surface area (Å²) in [6.45, 7) is 6.26. The maximum absolute atomic E-state index is 14.5. The van der Waals surface area contributed by atoms with Gasteiger partial charge in [0, 0.05) is 37.1 Å². The Morgan fingerprint density at radius 2 is 1.87 bits per heavy atom. The molecule has 0 amide bonds. The molecule has 3 heterocycles. The number of benzene rings is 2. The summed E-state index contributed by atoms with van der Waals surface area (Å²) in [5.74, 6) is -0.866. The molecule has 1 saturated heterocycles. The lowest BCUT2D eigenvalue weighted by atomic mass is 9.91. The van der Waals surface area contributed by atoms with Crippen LogP contribution in [0.1, 0.15) is 49.0 Å². The van der Waals surface area contributed by atoms with Gasteiger partial charge in [0.1, 0.15) is 16.7 Å². The van der Waals surface area contributed by atoms with E-state index in [4.69, 9.17) is 14.5 Å². The first-order chi connectivity index (χ1) is 18.7. The Kier molecular flexibility index (Phi) is 8.04. The number of aromatic nitrogens is 1. The van der Waals surface area contributed by atoms with Crippen molar-refractivity contribution in [1.29, 1.82) is 0 Å². The fourth-order valence-electron chi connectivity index (χ4n) is 5.25. The van der Waals surface area contributed by atoms with Crippen LogP contribution in [0, 0.1) is 5.82 Å². The number of aliphatic hydroxyl groups is 1. The van der Waals surface area contributed by atoms with Gasteiger partial charge < -0.3 is 19.5 Å². The summed E-state index contributed by atoms with van der Waals surface area (Å²) in [7, 11) is -4.00. The second-order valence-corrected chi connectivity index (χ2v) is 12.8. The standard InChI is InChI=1S/C28H32FN3O5S2/c1-28(2)26(20-9-7-19(8-10-20)24-18-38-27(30-24)32-12-15-36-16-13-32)39(34,35)31-25(37-28)17-21(11-14-33)22-5-3-4-6-23(22)29/h3-10,18,21,26,33H,11-17H2,1-2H3/t21-,26?/m1/s1. The molecule has 8 nitrogen and oxygen atoms in total. The molecule has 1 N–H and O–H groups in total. The summed E-state index contributed by atoms with van der Waals surface area (Å²) in [5.41, 5.74) is 1.56. The van der Waals surface area contributed by atoms with Gasteiger partial charge in [-0.05, 0) is 43.4 Å². The van der Waals surface area contributed by atoms with Gasteiger partial charge in [0.2, 0.25) is 5.90 Å². The minimum Gasteiger partial charge on any atom is -0.472 e. The number of ether oxygens (including phenoxy) is 2. The summed E-state index contributed by atoms with van der Waals surface area (Å²) >= 11 is 1.58. The van der Waals surface area contributed by atoms with Crippen LogP contribution in [0.3, 0.4) is 0 Å². The van der Waals surface area contributed by atoms with Gasteiger partial charge in [0.25, 0.3) is 10.0 Å². The molecule has 3 aromatic rings. The quantitative estimate of drug-likeness (QED) is 0.408. The van der Waals surface area contributed by atoms with Gasteiger partial charge in [0.15, 0.2) is 5.13 Å². The second kappa shape index (κ2) is 11.3. The van der Waals surface area contributed by atoms with E-state index >= 15 is 0 Å². The third-order valence-electron chi connectivity index (χ3n) is 7.07. The van der Waals surface area contributed by atoms with Crippen LogP contribution in [0.15, 0.2) is 58.3 Å². The van der Waals surface area contributed by atoms with Crippen LogP contribution in [0.25, 0.3) is 11.3 Å². The van der Waals surface area contributed by atoms with E-state index in [9.17, 15) is 17.9 Å². The first-order valence-corrected chi connectivity index (χ1v) is 15.3. The Bertz CT molecular complexity index is 1430. The molecule has 1 fully saturated rings. The van der Waals surface area contributed by atoms with Gasteiger partial charge in [-0.15, -0.1) is 15.7 Å². The Hall–Kier alpha value is -2.86. The Labute approximate surface area is 232 Å². The van der Waals surface area contributed by atoms with Gasteiger partial charge in [-0.2, -0.15) is 0 Å². The second-order valence-electron chi connectivity index (χ2n) is 10.3. The van der Waals surface area contributed by atoms with Crippen molar-refractivity contribution in [3.05, 3.63) is 70.9 Å². The minimum atomic E-state index is -4.00. The van der Waals surface area contributed by atoms with Gasteiger partial charge >= 0.3 is 0 Å². The average Bonchev–Trinajstić information content (AvgIpc) is 3.39. The van der Waals surface area contributed by atoms with Gasteiger partial charge in [-0.3, -0.25) is 0 Å². The van der Waals surface area contributed by atoms with Crippen molar-refractivity contribution in [2.24, 2.45) is 4.40 Å². The van der Waals surface area contributed by atoms with E-state index in [-0.39, 0.29) is 25.3 Å². The normalized spacial score (nSPS) is 21.2. The van der Waals surface area contributed by atoms with Crippen LogP contribution in [0.2, 0.25) is 0 Å². The molecule has 1 unspecified atom stereocenters. The third-order valence-corrected chi connectivity index (χ3v) is 9.86. The van der Waals surface area contributed by atoms with Crippen LogP contribution in [0.5, 0.6) is 0 Å². The maximum atomic E-state index is 14.5. The molecule has 0 aliphatic carbocycles. The van der Waals surface area contributed by atoms with E-state index in [1.807, 2.05) is 17.5 Å². The third kappa shape index (κ3) is 6.01. The summed E-state index contributed by atoms with van der Waals surface area (Å²) < 4.78 is 57.0.